The van der Waals surface area contributed by atoms with Gasteiger partial charge >= 0.3 is 0 Å². The zero-order valence-electron chi connectivity index (χ0n) is 14.3. The molecule has 1 heterocycles. The van der Waals surface area contributed by atoms with Gasteiger partial charge in [0.15, 0.2) is 15.8 Å². The third-order valence-corrected chi connectivity index (χ3v) is 5.74. The molecule has 8 heteroatoms. The quantitative estimate of drug-likeness (QED) is 0.373. The molecule has 0 bridgehead atoms. The third kappa shape index (κ3) is 8.05. The van der Waals surface area contributed by atoms with Crippen LogP contribution in [0.1, 0.15) is 33.5 Å². The van der Waals surface area contributed by atoms with E-state index in [2.05, 4.69) is 15.6 Å². The van der Waals surface area contributed by atoms with Gasteiger partial charge in [-0.25, -0.2) is 8.42 Å². The summed E-state index contributed by atoms with van der Waals surface area (Å²) < 4.78 is 28.6. The van der Waals surface area contributed by atoms with Crippen LogP contribution >= 0.6 is 24.0 Å². The smallest absolute Gasteiger partial charge is 0.191 e. The number of hydrogen-bond acceptors (Lipinski definition) is 4. The van der Waals surface area contributed by atoms with Crippen LogP contribution in [0.4, 0.5) is 0 Å². The Hall–Kier alpha value is -0.770. The molecule has 0 aliphatic heterocycles. The number of nitrogens with zero attached hydrogens (tertiary/aromatic N) is 1. The topological polar surface area (TPSA) is 83.7 Å². The fourth-order valence-corrected chi connectivity index (χ4v) is 2.63. The van der Waals surface area contributed by atoms with Crippen molar-refractivity contribution in [1.29, 1.82) is 0 Å². The van der Waals surface area contributed by atoms with Gasteiger partial charge < -0.3 is 15.1 Å². The zero-order valence-corrected chi connectivity index (χ0v) is 17.4. The maximum atomic E-state index is 12.0. The summed E-state index contributed by atoms with van der Waals surface area (Å²) in [7, 11) is -3.14. The molecule has 1 aromatic rings. The Kier molecular flexibility index (Phi) is 9.83. The van der Waals surface area contributed by atoms with Crippen LogP contribution in [0.2, 0.25) is 0 Å². The highest BCUT2D eigenvalue weighted by Gasteiger charge is 2.28. The van der Waals surface area contributed by atoms with Gasteiger partial charge in [-0.15, -0.1) is 24.0 Å². The number of sulfone groups is 1. The minimum absolute atomic E-state index is 0. The Bertz CT molecular complexity index is 563. The van der Waals surface area contributed by atoms with Crippen LogP contribution in [-0.4, -0.2) is 44.5 Å². The van der Waals surface area contributed by atoms with Crippen LogP contribution in [0.25, 0.3) is 0 Å². The summed E-state index contributed by atoms with van der Waals surface area (Å²) in [5.41, 5.74) is 0. The number of guanidine groups is 1. The average molecular weight is 457 g/mol. The molecule has 0 radical (unpaired) electrons. The zero-order chi connectivity index (χ0) is 16.6. The fraction of sp³-hybridized carbons (Fsp3) is 0.667. The lowest BCUT2D eigenvalue weighted by atomic mass is 10.3. The Labute approximate surface area is 156 Å². The normalized spacial score (nSPS) is 12.6. The molecule has 23 heavy (non-hydrogen) atoms. The molecule has 1 aromatic heterocycles. The van der Waals surface area contributed by atoms with E-state index >= 15 is 0 Å². The van der Waals surface area contributed by atoms with Crippen molar-refractivity contribution in [3.8, 4) is 0 Å². The molecule has 134 valence electrons. The second-order valence-corrected chi connectivity index (χ2v) is 8.81. The molecule has 0 atom stereocenters. The molecule has 0 aliphatic rings. The minimum atomic E-state index is -3.14. The van der Waals surface area contributed by atoms with E-state index in [4.69, 9.17) is 4.42 Å². The maximum absolute atomic E-state index is 12.0. The molecule has 0 unspecified atom stereocenters. The lowest BCUT2D eigenvalue weighted by Crippen LogP contribution is -2.39. The molecule has 6 nitrogen and oxygen atoms in total. The number of furan rings is 1. The standard InChI is InChI=1S/C15H27N3O3S.HI/c1-5-16-14(17-9-8-13-7-6-11-21-13)18-10-12-22(19,20)15(2,3)4;/h6-7,11H,5,8-10,12H2,1-4H3,(H2,16,17,18);1H. The summed E-state index contributed by atoms with van der Waals surface area (Å²) in [6.45, 7) is 8.73. The van der Waals surface area contributed by atoms with Crippen molar-refractivity contribution in [2.24, 2.45) is 4.99 Å². The first-order valence-electron chi connectivity index (χ1n) is 7.53. The lowest BCUT2D eigenvalue weighted by Gasteiger charge is -2.18. The van der Waals surface area contributed by atoms with Crippen molar-refractivity contribution in [3.63, 3.8) is 0 Å². The minimum Gasteiger partial charge on any atom is -0.469 e. The van der Waals surface area contributed by atoms with E-state index in [-0.39, 0.29) is 36.3 Å². The summed E-state index contributed by atoms with van der Waals surface area (Å²) >= 11 is 0. The molecule has 0 fully saturated rings. The predicted molar refractivity (Wildman–Crippen MR) is 105 cm³/mol. The monoisotopic (exact) mass is 457 g/mol. The second kappa shape index (κ2) is 10.2. The van der Waals surface area contributed by atoms with E-state index in [1.165, 1.54) is 0 Å². The van der Waals surface area contributed by atoms with Crippen LogP contribution in [-0.2, 0) is 16.3 Å². The summed E-state index contributed by atoms with van der Waals surface area (Å²) in [5, 5.41) is 6.27. The molecular weight excluding hydrogens is 429 g/mol. The molecule has 0 amide bonds. The van der Waals surface area contributed by atoms with E-state index in [0.29, 0.717) is 12.5 Å². The van der Waals surface area contributed by atoms with E-state index in [1.807, 2.05) is 19.1 Å². The number of aliphatic imine (C=N–C) groups is 1. The fourth-order valence-electron chi connectivity index (χ4n) is 1.68. The number of halogens is 1. The Morgan fingerprint density at radius 3 is 2.52 bits per heavy atom. The van der Waals surface area contributed by atoms with Crippen LogP contribution in [0, 0.1) is 0 Å². The van der Waals surface area contributed by atoms with E-state index < -0.39 is 14.6 Å². The molecule has 1 rings (SSSR count). The van der Waals surface area contributed by atoms with E-state index in [9.17, 15) is 8.42 Å². The molecular formula is C15H28IN3O3S. The van der Waals surface area contributed by atoms with Crippen LogP contribution in [0.5, 0.6) is 0 Å². The first-order chi connectivity index (χ1) is 10.3. The highest BCUT2D eigenvalue weighted by Crippen LogP contribution is 2.15. The summed E-state index contributed by atoms with van der Waals surface area (Å²) in [4.78, 5) is 4.32. The first-order valence-corrected chi connectivity index (χ1v) is 9.18. The van der Waals surface area contributed by atoms with Crippen molar-refractivity contribution in [2.75, 3.05) is 25.4 Å². The molecule has 0 saturated carbocycles. The van der Waals surface area contributed by atoms with Crippen molar-refractivity contribution in [3.05, 3.63) is 24.2 Å². The number of hydrogen-bond donors (Lipinski definition) is 2. The van der Waals surface area contributed by atoms with Gasteiger partial charge in [-0.1, -0.05) is 0 Å². The highest BCUT2D eigenvalue weighted by atomic mass is 127. The van der Waals surface area contributed by atoms with Crippen molar-refractivity contribution >= 4 is 39.8 Å². The SMILES string of the molecule is CCNC(=NCCS(=O)(=O)C(C)(C)C)NCCc1ccco1.I. The van der Waals surface area contributed by atoms with Gasteiger partial charge in [0.1, 0.15) is 5.76 Å². The molecule has 0 aromatic carbocycles. The first kappa shape index (κ1) is 22.2. The average Bonchev–Trinajstić information content (AvgIpc) is 2.90. The lowest BCUT2D eigenvalue weighted by molar-refractivity contribution is 0.507. The molecule has 2 N–H and O–H groups in total. The summed E-state index contributed by atoms with van der Waals surface area (Å²) in [6.07, 6.45) is 2.39. The second-order valence-electron chi connectivity index (χ2n) is 5.95. The Balaban J connectivity index is 0.00000484. The highest BCUT2D eigenvalue weighted by molar-refractivity contribution is 14.0. The summed E-state index contributed by atoms with van der Waals surface area (Å²) in [6, 6.07) is 3.77. The van der Waals surface area contributed by atoms with Crippen LogP contribution in [0.15, 0.2) is 27.8 Å². The van der Waals surface area contributed by atoms with Crippen LogP contribution in [0.3, 0.4) is 0 Å². The largest absolute Gasteiger partial charge is 0.469 e. The maximum Gasteiger partial charge on any atom is 0.191 e. The Morgan fingerprint density at radius 1 is 1.30 bits per heavy atom. The van der Waals surface area contributed by atoms with Crippen molar-refractivity contribution in [1.82, 2.24) is 10.6 Å². The Morgan fingerprint density at radius 2 is 2.00 bits per heavy atom. The van der Waals surface area contributed by atoms with Crippen LogP contribution < -0.4 is 10.6 Å². The van der Waals surface area contributed by atoms with Gasteiger partial charge in [0.05, 0.1) is 23.3 Å². The van der Waals surface area contributed by atoms with Crippen molar-refractivity contribution in [2.45, 2.75) is 38.9 Å². The van der Waals surface area contributed by atoms with Gasteiger partial charge in [0.2, 0.25) is 0 Å². The van der Waals surface area contributed by atoms with Gasteiger partial charge in [0, 0.05) is 19.5 Å². The molecule has 0 aliphatic carbocycles. The number of rotatable bonds is 7. The molecule has 0 spiro atoms. The number of nitrogens with one attached hydrogen (secondary N) is 2. The van der Waals surface area contributed by atoms with Gasteiger partial charge in [-0.3, -0.25) is 4.99 Å². The molecule has 0 saturated heterocycles. The van der Waals surface area contributed by atoms with Gasteiger partial charge in [-0.2, -0.15) is 0 Å². The predicted octanol–water partition coefficient (Wildman–Crippen LogP) is 2.21. The van der Waals surface area contributed by atoms with Gasteiger partial charge in [-0.05, 0) is 39.8 Å². The summed E-state index contributed by atoms with van der Waals surface area (Å²) in [5.74, 6) is 1.57. The van der Waals surface area contributed by atoms with E-state index in [0.717, 1.165) is 18.7 Å². The van der Waals surface area contributed by atoms with E-state index in [1.54, 1.807) is 27.0 Å². The third-order valence-electron chi connectivity index (χ3n) is 3.15. The van der Waals surface area contributed by atoms with Crippen molar-refractivity contribution < 1.29 is 12.8 Å². The van der Waals surface area contributed by atoms with Gasteiger partial charge in [0.25, 0.3) is 0 Å².